The molecule has 1 heterocycles. The summed E-state index contributed by atoms with van der Waals surface area (Å²) in [6.45, 7) is 2.86. The predicted octanol–water partition coefficient (Wildman–Crippen LogP) is 1.11. The molecule has 2 rings (SSSR count). The van der Waals surface area contributed by atoms with Crippen LogP contribution in [-0.4, -0.2) is 48.2 Å². The number of hydrogen-bond acceptors (Lipinski definition) is 4. The molecule has 0 unspecified atom stereocenters. The van der Waals surface area contributed by atoms with E-state index in [4.69, 9.17) is 5.73 Å². The van der Waals surface area contributed by atoms with E-state index < -0.39 is 0 Å². The van der Waals surface area contributed by atoms with Crippen molar-refractivity contribution in [2.24, 2.45) is 5.73 Å². The summed E-state index contributed by atoms with van der Waals surface area (Å²) in [5, 5.41) is 3.27. The largest absolute Gasteiger partial charge is 0.354 e. The number of nitrogens with zero attached hydrogens (tertiary/aromatic N) is 3. The molecule has 104 valence electrons. The molecular formula is C13H20FN5. The van der Waals surface area contributed by atoms with Crippen molar-refractivity contribution in [3.63, 3.8) is 0 Å². The number of hydrogen-bond donors (Lipinski definition) is 2. The highest BCUT2D eigenvalue weighted by Gasteiger charge is 2.10. The first-order valence-corrected chi connectivity index (χ1v) is 6.36. The molecular weight excluding hydrogens is 245 g/mol. The summed E-state index contributed by atoms with van der Waals surface area (Å²) in [6, 6.07) is 4.63. The standard InChI is InChI=1S/C13H20FN5/c1-18(2)8-6-16-13-17-11-9-10(14)3-4-12(11)19(13)7-5-15/h3-4,9H,5-8,15H2,1-2H3,(H,16,17). The summed E-state index contributed by atoms with van der Waals surface area (Å²) in [7, 11) is 4.03. The van der Waals surface area contributed by atoms with Gasteiger partial charge in [0.05, 0.1) is 11.0 Å². The van der Waals surface area contributed by atoms with Crippen LogP contribution < -0.4 is 11.1 Å². The number of aromatic nitrogens is 2. The third kappa shape index (κ3) is 3.21. The van der Waals surface area contributed by atoms with Crippen LogP contribution in [0.2, 0.25) is 0 Å². The van der Waals surface area contributed by atoms with E-state index in [0.29, 0.717) is 18.6 Å². The number of nitrogens with two attached hydrogens (primary N) is 1. The molecule has 1 aromatic heterocycles. The average Bonchev–Trinajstić information content (AvgIpc) is 2.67. The molecule has 0 radical (unpaired) electrons. The summed E-state index contributed by atoms with van der Waals surface area (Å²) in [5.74, 6) is 0.470. The molecule has 0 fully saturated rings. The molecule has 0 spiro atoms. The Bertz CT molecular complexity index is 549. The predicted molar refractivity (Wildman–Crippen MR) is 75.8 cm³/mol. The van der Waals surface area contributed by atoms with E-state index >= 15 is 0 Å². The summed E-state index contributed by atoms with van der Waals surface area (Å²) in [5.41, 5.74) is 7.18. The Morgan fingerprint density at radius 3 is 2.89 bits per heavy atom. The van der Waals surface area contributed by atoms with Crippen LogP contribution in [0.5, 0.6) is 0 Å². The van der Waals surface area contributed by atoms with Crippen LogP contribution in [0, 0.1) is 5.82 Å². The van der Waals surface area contributed by atoms with Crippen molar-refractivity contribution in [3.05, 3.63) is 24.0 Å². The lowest BCUT2D eigenvalue weighted by Crippen LogP contribution is -2.22. The molecule has 0 bridgehead atoms. The van der Waals surface area contributed by atoms with Crippen molar-refractivity contribution in [2.75, 3.05) is 39.0 Å². The zero-order valence-electron chi connectivity index (χ0n) is 11.4. The first kappa shape index (κ1) is 13.8. The SMILES string of the molecule is CN(C)CCNc1nc2cc(F)ccc2n1CCN. The monoisotopic (exact) mass is 265 g/mol. The van der Waals surface area contributed by atoms with Crippen LogP contribution in [0.25, 0.3) is 11.0 Å². The molecule has 2 aromatic rings. The quantitative estimate of drug-likeness (QED) is 0.821. The molecule has 0 aliphatic carbocycles. The Morgan fingerprint density at radius 2 is 2.21 bits per heavy atom. The van der Waals surface area contributed by atoms with Crippen molar-refractivity contribution >= 4 is 17.0 Å². The molecule has 0 aliphatic rings. The van der Waals surface area contributed by atoms with E-state index in [-0.39, 0.29) is 5.82 Å². The molecule has 1 aromatic carbocycles. The number of nitrogens with one attached hydrogen (secondary N) is 1. The number of halogens is 1. The third-order valence-corrected chi connectivity index (χ3v) is 2.91. The Labute approximate surface area is 112 Å². The van der Waals surface area contributed by atoms with E-state index in [1.807, 2.05) is 18.7 Å². The molecule has 0 saturated heterocycles. The fourth-order valence-corrected chi connectivity index (χ4v) is 1.98. The van der Waals surface area contributed by atoms with E-state index in [2.05, 4.69) is 15.2 Å². The highest BCUT2D eigenvalue weighted by Crippen LogP contribution is 2.20. The van der Waals surface area contributed by atoms with Crippen molar-refractivity contribution in [1.29, 1.82) is 0 Å². The van der Waals surface area contributed by atoms with Gasteiger partial charge in [-0.25, -0.2) is 9.37 Å². The van der Waals surface area contributed by atoms with E-state index in [0.717, 1.165) is 24.6 Å². The minimum Gasteiger partial charge on any atom is -0.354 e. The molecule has 0 amide bonds. The summed E-state index contributed by atoms with van der Waals surface area (Å²) >= 11 is 0. The zero-order valence-corrected chi connectivity index (χ0v) is 11.4. The fraction of sp³-hybridized carbons (Fsp3) is 0.462. The zero-order chi connectivity index (χ0) is 13.8. The fourth-order valence-electron chi connectivity index (χ4n) is 1.98. The van der Waals surface area contributed by atoms with E-state index in [1.165, 1.54) is 12.1 Å². The minimum absolute atomic E-state index is 0.273. The number of likely N-dealkylation sites (N-methyl/N-ethyl adjacent to an activating group) is 1. The van der Waals surface area contributed by atoms with Gasteiger partial charge in [-0.2, -0.15) is 0 Å². The number of benzene rings is 1. The summed E-state index contributed by atoms with van der Waals surface area (Å²) in [4.78, 5) is 6.51. The molecule has 19 heavy (non-hydrogen) atoms. The van der Waals surface area contributed by atoms with Gasteiger partial charge in [0.25, 0.3) is 0 Å². The lowest BCUT2D eigenvalue weighted by molar-refractivity contribution is 0.424. The second-order valence-corrected chi connectivity index (χ2v) is 4.74. The Morgan fingerprint density at radius 1 is 1.42 bits per heavy atom. The van der Waals surface area contributed by atoms with Crippen LogP contribution in [0.15, 0.2) is 18.2 Å². The lowest BCUT2D eigenvalue weighted by atomic mass is 10.3. The number of rotatable bonds is 6. The van der Waals surface area contributed by atoms with Gasteiger partial charge >= 0.3 is 0 Å². The minimum atomic E-state index is -0.273. The molecule has 0 aliphatic heterocycles. The average molecular weight is 265 g/mol. The van der Waals surface area contributed by atoms with Gasteiger partial charge < -0.3 is 20.5 Å². The van der Waals surface area contributed by atoms with Crippen molar-refractivity contribution in [2.45, 2.75) is 6.54 Å². The van der Waals surface area contributed by atoms with Crippen LogP contribution in [-0.2, 0) is 6.54 Å². The van der Waals surface area contributed by atoms with Crippen molar-refractivity contribution in [3.8, 4) is 0 Å². The second kappa shape index (κ2) is 5.99. The van der Waals surface area contributed by atoms with Crippen molar-refractivity contribution < 1.29 is 4.39 Å². The second-order valence-electron chi connectivity index (χ2n) is 4.74. The molecule has 5 nitrogen and oxygen atoms in total. The summed E-state index contributed by atoms with van der Waals surface area (Å²) < 4.78 is 15.2. The smallest absolute Gasteiger partial charge is 0.203 e. The van der Waals surface area contributed by atoms with E-state index in [1.54, 1.807) is 6.07 Å². The van der Waals surface area contributed by atoms with Gasteiger partial charge in [0, 0.05) is 32.2 Å². The van der Waals surface area contributed by atoms with Gasteiger partial charge in [-0.3, -0.25) is 0 Å². The van der Waals surface area contributed by atoms with Gasteiger partial charge in [0.2, 0.25) is 5.95 Å². The Hall–Kier alpha value is -1.66. The van der Waals surface area contributed by atoms with Crippen molar-refractivity contribution in [1.82, 2.24) is 14.5 Å². The van der Waals surface area contributed by atoms with Gasteiger partial charge in [-0.05, 0) is 26.2 Å². The molecule has 6 heteroatoms. The van der Waals surface area contributed by atoms with Crippen LogP contribution in [0.3, 0.4) is 0 Å². The van der Waals surface area contributed by atoms with Gasteiger partial charge in [0.15, 0.2) is 0 Å². The summed E-state index contributed by atoms with van der Waals surface area (Å²) in [6.07, 6.45) is 0. The van der Waals surface area contributed by atoms with Crippen LogP contribution in [0.4, 0.5) is 10.3 Å². The lowest BCUT2D eigenvalue weighted by Gasteiger charge is -2.12. The van der Waals surface area contributed by atoms with Crippen LogP contribution >= 0.6 is 0 Å². The highest BCUT2D eigenvalue weighted by atomic mass is 19.1. The Kier molecular flexibility index (Phi) is 4.34. The van der Waals surface area contributed by atoms with Gasteiger partial charge in [0.1, 0.15) is 5.82 Å². The maximum absolute atomic E-state index is 13.2. The Balaban J connectivity index is 2.27. The first-order valence-electron chi connectivity index (χ1n) is 6.36. The van der Waals surface area contributed by atoms with Gasteiger partial charge in [-0.15, -0.1) is 0 Å². The van der Waals surface area contributed by atoms with Gasteiger partial charge in [-0.1, -0.05) is 0 Å². The molecule has 0 saturated carbocycles. The van der Waals surface area contributed by atoms with E-state index in [9.17, 15) is 4.39 Å². The third-order valence-electron chi connectivity index (χ3n) is 2.91. The topological polar surface area (TPSA) is 59.1 Å². The maximum atomic E-state index is 13.2. The molecule has 3 N–H and O–H groups in total. The first-order chi connectivity index (χ1) is 9.11. The number of anilines is 1. The highest BCUT2D eigenvalue weighted by molar-refractivity contribution is 5.78. The molecule has 0 atom stereocenters. The van der Waals surface area contributed by atoms with Crippen LogP contribution in [0.1, 0.15) is 0 Å². The normalized spacial score (nSPS) is 11.4. The number of fused-ring (bicyclic) bond motifs is 1. The number of imidazole rings is 1. The maximum Gasteiger partial charge on any atom is 0.203 e.